The molecule has 0 bridgehead atoms. The van der Waals surface area contributed by atoms with Gasteiger partial charge in [0.05, 0.1) is 5.37 Å². The molecule has 106 valence electrons. The van der Waals surface area contributed by atoms with E-state index in [1.165, 1.54) is 5.56 Å². The number of nitrogens with one attached hydrogen (secondary N) is 2. The summed E-state index contributed by atoms with van der Waals surface area (Å²) in [6.07, 6.45) is 2.94. The summed E-state index contributed by atoms with van der Waals surface area (Å²) in [5.41, 5.74) is 3.85. The Hall–Kier alpha value is -1.68. The molecular formula is C16H20N2OS. The van der Waals surface area contributed by atoms with E-state index in [1.54, 1.807) is 11.8 Å². The first-order valence-electron chi connectivity index (χ1n) is 6.72. The van der Waals surface area contributed by atoms with Crippen LogP contribution in [0.25, 0.3) is 0 Å². The van der Waals surface area contributed by atoms with Crippen LogP contribution < -0.4 is 10.9 Å². The minimum atomic E-state index is -0.0605. The summed E-state index contributed by atoms with van der Waals surface area (Å²) in [6.45, 7) is 4.03. The monoisotopic (exact) mass is 288 g/mol. The number of anilines is 1. The van der Waals surface area contributed by atoms with Gasteiger partial charge in [0.15, 0.2) is 0 Å². The molecule has 1 heterocycles. The van der Waals surface area contributed by atoms with E-state index in [0.717, 1.165) is 17.7 Å². The molecular weight excluding hydrogens is 268 g/mol. The van der Waals surface area contributed by atoms with Crippen molar-refractivity contribution < 1.29 is 0 Å². The topological polar surface area (TPSA) is 44.9 Å². The van der Waals surface area contributed by atoms with Gasteiger partial charge in [-0.2, -0.15) is 0 Å². The van der Waals surface area contributed by atoms with E-state index < -0.39 is 0 Å². The largest absolute Gasteiger partial charge is 0.365 e. The van der Waals surface area contributed by atoms with E-state index in [4.69, 9.17) is 0 Å². The molecule has 20 heavy (non-hydrogen) atoms. The van der Waals surface area contributed by atoms with Crippen molar-refractivity contribution in [2.24, 2.45) is 0 Å². The van der Waals surface area contributed by atoms with Gasteiger partial charge in [0.2, 0.25) is 0 Å². The van der Waals surface area contributed by atoms with Crippen LogP contribution in [-0.2, 0) is 6.42 Å². The Morgan fingerprint density at radius 1 is 1.30 bits per heavy atom. The summed E-state index contributed by atoms with van der Waals surface area (Å²) < 4.78 is 0. The molecule has 0 amide bonds. The van der Waals surface area contributed by atoms with Crippen molar-refractivity contribution in [3.05, 3.63) is 63.6 Å². The van der Waals surface area contributed by atoms with Crippen LogP contribution in [0.5, 0.6) is 0 Å². The van der Waals surface area contributed by atoms with Crippen molar-refractivity contribution in [2.75, 3.05) is 11.6 Å². The maximum Gasteiger partial charge on any atom is 0.271 e. The summed E-state index contributed by atoms with van der Waals surface area (Å²) >= 11 is 1.68. The standard InChI is InChI=1S/C16H20N2OS/c1-4-12-10-14(15(19)17-11(12)2)18-16(20-3)13-8-6-5-7-9-13/h5-10,16,18H,4H2,1-3H3,(H,17,19). The van der Waals surface area contributed by atoms with Crippen molar-refractivity contribution in [1.82, 2.24) is 4.98 Å². The van der Waals surface area contributed by atoms with Crippen LogP contribution in [-0.4, -0.2) is 11.2 Å². The third kappa shape index (κ3) is 3.25. The first-order chi connectivity index (χ1) is 9.65. The Bertz CT molecular complexity index is 622. The fourth-order valence-electron chi connectivity index (χ4n) is 2.19. The first-order valence-corrected chi connectivity index (χ1v) is 8.01. The van der Waals surface area contributed by atoms with Crippen LogP contribution in [0.3, 0.4) is 0 Å². The molecule has 1 atom stereocenters. The SMILES string of the molecule is CCc1cc(NC(SC)c2ccccc2)c(=O)[nH]c1C. The molecule has 0 saturated heterocycles. The molecule has 0 aliphatic carbocycles. The molecule has 2 aromatic rings. The second kappa shape index (κ2) is 6.66. The van der Waals surface area contributed by atoms with Gasteiger partial charge in [-0.05, 0) is 36.8 Å². The van der Waals surface area contributed by atoms with Gasteiger partial charge in [0.25, 0.3) is 5.56 Å². The van der Waals surface area contributed by atoms with E-state index in [9.17, 15) is 4.79 Å². The quantitative estimate of drug-likeness (QED) is 0.824. The number of aromatic nitrogens is 1. The van der Waals surface area contributed by atoms with Crippen molar-refractivity contribution >= 4 is 17.4 Å². The van der Waals surface area contributed by atoms with Crippen LogP contribution >= 0.6 is 11.8 Å². The molecule has 1 aromatic carbocycles. The first kappa shape index (κ1) is 14.7. The van der Waals surface area contributed by atoms with Gasteiger partial charge in [-0.25, -0.2) is 0 Å². The molecule has 0 aliphatic rings. The van der Waals surface area contributed by atoms with Gasteiger partial charge in [0.1, 0.15) is 5.69 Å². The van der Waals surface area contributed by atoms with Crippen LogP contribution in [0.4, 0.5) is 5.69 Å². The zero-order valence-electron chi connectivity index (χ0n) is 12.1. The molecule has 0 fully saturated rings. The summed E-state index contributed by atoms with van der Waals surface area (Å²) in [5, 5.41) is 3.41. The van der Waals surface area contributed by atoms with E-state index in [0.29, 0.717) is 5.69 Å². The fourth-order valence-corrected chi connectivity index (χ4v) is 2.86. The van der Waals surface area contributed by atoms with E-state index >= 15 is 0 Å². The Kier molecular flexibility index (Phi) is 4.90. The molecule has 3 nitrogen and oxygen atoms in total. The molecule has 2 rings (SSSR count). The highest BCUT2D eigenvalue weighted by atomic mass is 32.2. The van der Waals surface area contributed by atoms with E-state index in [-0.39, 0.29) is 10.9 Å². The van der Waals surface area contributed by atoms with Gasteiger partial charge in [-0.15, -0.1) is 11.8 Å². The van der Waals surface area contributed by atoms with Crippen LogP contribution in [0, 0.1) is 6.92 Å². The summed E-state index contributed by atoms with van der Waals surface area (Å²) in [6, 6.07) is 12.1. The lowest BCUT2D eigenvalue weighted by molar-refractivity contribution is 1.01. The van der Waals surface area contributed by atoms with Crippen LogP contribution in [0.15, 0.2) is 41.2 Å². The average molecular weight is 288 g/mol. The molecule has 0 spiro atoms. The second-order valence-electron chi connectivity index (χ2n) is 4.69. The summed E-state index contributed by atoms with van der Waals surface area (Å²) in [7, 11) is 0. The molecule has 4 heteroatoms. The predicted molar refractivity (Wildman–Crippen MR) is 87.5 cm³/mol. The van der Waals surface area contributed by atoms with Crippen LogP contribution in [0.1, 0.15) is 29.1 Å². The lowest BCUT2D eigenvalue weighted by Gasteiger charge is -2.18. The number of aromatic amines is 1. The minimum absolute atomic E-state index is 0.0605. The third-order valence-electron chi connectivity index (χ3n) is 3.35. The lowest BCUT2D eigenvalue weighted by atomic mass is 10.1. The lowest BCUT2D eigenvalue weighted by Crippen LogP contribution is -2.18. The number of benzene rings is 1. The zero-order valence-corrected chi connectivity index (χ0v) is 12.9. The van der Waals surface area contributed by atoms with Gasteiger partial charge < -0.3 is 10.3 Å². The molecule has 2 N–H and O–H groups in total. The third-order valence-corrected chi connectivity index (χ3v) is 4.21. The Morgan fingerprint density at radius 2 is 2.00 bits per heavy atom. The van der Waals surface area contributed by atoms with Gasteiger partial charge in [-0.1, -0.05) is 37.3 Å². The number of thioether (sulfide) groups is 1. The summed E-state index contributed by atoms with van der Waals surface area (Å²) in [5.74, 6) is 0. The molecule has 0 saturated carbocycles. The number of hydrogen-bond donors (Lipinski definition) is 2. The highest BCUT2D eigenvalue weighted by Gasteiger charge is 2.12. The molecule has 1 aromatic heterocycles. The maximum absolute atomic E-state index is 12.1. The van der Waals surface area contributed by atoms with Crippen molar-refractivity contribution in [3.8, 4) is 0 Å². The number of hydrogen-bond acceptors (Lipinski definition) is 3. The zero-order chi connectivity index (χ0) is 14.5. The fraction of sp³-hybridized carbons (Fsp3) is 0.312. The van der Waals surface area contributed by atoms with Crippen LogP contribution in [0.2, 0.25) is 0 Å². The van der Waals surface area contributed by atoms with Crippen molar-refractivity contribution in [2.45, 2.75) is 25.6 Å². The molecule has 0 aliphatic heterocycles. The van der Waals surface area contributed by atoms with Gasteiger partial charge >= 0.3 is 0 Å². The van der Waals surface area contributed by atoms with E-state index in [1.807, 2.05) is 37.4 Å². The van der Waals surface area contributed by atoms with Gasteiger partial charge in [-0.3, -0.25) is 4.79 Å². The number of rotatable bonds is 5. The Labute approximate surface area is 123 Å². The number of H-pyrrole nitrogens is 1. The Morgan fingerprint density at radius 3 is 2.60 bits per heavy atom. The van der Waals surface area contributed by atoms with E-state index in [2.05, 4.69) is 29.4 Å². The highest BCUT2D eigenvalue weighted by molar-refractivity contribution is 7.98. The summed E-state index contributed by atoms with van der Waals surface area (Å²) in [4.78, 5) is 15.0. The number of pyridine rings is 1. The number of aryl methyl sites for hydroxylation is 2. The van der Waals surface area contributed by atoms with Gasteiger partial charge in [0, 0.05) is 5.69 Å². The predicted octanol–water partition coefficient (Wildman–Crippen LogP) is 3.72. The maximum atomic E-state index is 12.1. The smallest absolute Gasteiger partial charge is 0.271 e. The highest BCUT2D eigenvalue weighted by Crippen LogP contribution is 2.27. The molecule has 1 unspecified atom stereocenters. The molecule has 0 radical (unpaired) electrons. The van der Waals surface area contributed by atoms with Crippen molar-refractivity contribution in [1.29, 1.82) is 0 Å². The second-order valence-corrected chi connectivity index (χ2v) is 5.63. The normalized spacial score (nSPS) is 12.2. The Balaban J connectivity index is 2.31. The van der Waals surface area contributed by atoms with Crippen molar-refractivity contribution in [3.63, 3.8) is 0 Å². The minimum Gasteiger partial charge on any atom is -0.365 e. The average Bonchev–Trinajstić information content (AvgIpc) is 2.47.